The first-order chi connectivity index (χ1) is 9.87. The Morgan fingerprint density at radius 3 is 2.52 bits per heavy atom. The summed E-state index contributed by atoms with van der Waals surface area (Å²) in [6.45, 7) is -0.406. The molecule has 0 bridgehead atoms. The van der Waals surface area contributed by atoms with Crippen molar-refractivity contribution in [2.75, 3.05) is 6.61 Å². The molecular formula is C13H17N2O4PS. The Hall–Kier alpha value is -1.27. The minimum absolute atomic E-state index is 0.111. The van der Waals surface area contributed by atoms with Crippen LogP contribution < -0.4 is 5.56 Å². The molecule has 0 aliphatic heterocycles. The summed E-state index contributed by atoms with van der Waals surface area (Å²) in [6.07, 6.45) is 0. The average molecular weight is 328 g/mol. The molecule has 0 fully saturated rings. The molecule has 1 unspecified atom stereocenters. The standard InChI is InChI=1S/C13H17N2O4PS/c1-4-19-20(17,18)21-12-10(2)14(3)15(13(12)16)11-8-6-5-7-9-11/h5-9H,4H2,1-3H3,(H,17,18). The van der Waals surface area contributed by atoms with Crippen LogP contribution >= 0.6 is 18.2 Å². The zero-order chi connectivity index (χ0) is 15.6. The summed E-state index contributed by atoms with van der Waals surface area (Å²) in [7, 11) is 1.73. The van der Waals surface area contributed by atoms with E-state index < -0.39 is 6.80 Å². The molecule has 1 atom stereocenters. The van der Waals surface area contributed by atoms with Crippen LogP contribution in [0.15, 0.2) is 40.0 Å². The molecule has 0 aliphatic rings. The normalized spacial score (nSPS) is 14.1. The van der Waals surface area contributed by atoms with Crippen molar-refractivity contribution in [3.05, 3.63) is 46.4 Å². The van der Waals surface area contributed by atoms with Gasteiger partial charge in [-0.3, -0.25) is 9.48 Å². The van der Waals surface area contributed by atoms with Crippen LogP contribution in [0.5, 0.6) is 0 Å². The highest BCUT2D eigenvalue weighted by molar-refractivity contribution is 8.54. The van der Waals surface area contributed by atoms with Crippen molar-refractivity contribution in [3.8, 4) is 5.69 Å². The molecule has 2 rings (SSSR count). The van der Waals surface area contributed by atoms with Crippen LogP contribution in [0.2, 0.25) is 0 Å². The number of hydrogen-bond donors (Lipinski definition) is 1. The van der Waals surface area contributed by atoms with Gasteiger partial charge in [-0.15, -0.1) is 0 Å². The molecular weight excluding hydrogens is 311 g/mol. The zero-order valence-electron chi connectivity index (χ0n) is 12.0. The van der Waals surface area contributed by atoms with E-state index in [1.807, 2.05) is 18.2 Å². The van der Waals surface area contributed by atoms with Crippen molar-refractivity contribution < 1.29 is 14.0 Å². The fourth-order valence-corrected chi connectivity index (χ4v) is 4.79. The molecule has 1 heterocycles. The van der Waals surface area contributed by atoms with Gasteiger partial charge in [-0.25, -0.2) is 9.25 Å². The number of para-hydroxylation sites is 1. The van der Waals surface area contributed by atoms with Gasteiger partial charge in [0.25, 0.3) is 5.56 Å². The lowest BCUT2D eigenvalue weighted by atomic mass is 10.3. The number of hydrogen-bond acceptors (Lipinski definition) is 4. The minimum Gasteiger partial charge on any atom is -0.316 e. The maximum atomic E-state index is 12.5. The van der Waals surface area contributed by atoms with E-state index in [9.17, 15) is 14.3 Å². The van der Waals surface area contributed by atoms with Crippen LogP contribution in [-0.2, 0) is 16.1 Å². The first kappa shape index (κ1) is 16.1. The zero-order valence-corrected chi connectivity index (χ0v) is 13.7. The summed E-state index contributed by atoms with van der Waals surface area (Å²) in [6, 6.07) is 9.12. The minimum atomic E-state index is -3.88. The lowest BCUT2D eigenvalue weighted by Gasteiger charge is -2.08. The summed E-state index contributed by atoms with van der Waals surface area (Å²) < 4.78 is 19.8. The summed E-state index contributed by atoms with van der Waals surface area (Å²) in [5, 5.41) is 0. The Morgan fingerprint density at radius 1 is 1.33 bits per heavy atom. The van der Waals surface area contributed by atoms with Gasteiger partial charge in [-0.2, -0.15) is 0 Å². The first-order valence-electron chi connectivity index (χ1n) is 6.38. The third-order valence-corrected chi connectivity index (χ3v) is 6.02. The molecule has 1 aromatic carbocycles. The maximum Gasteiger partial charge on any atom is 0.391 e. The van der Waals surface area contributed by atoms with E-state index in [1.54, 1.807) is 37.7 Å². The third-order valence-electron chi connectivity index (χ3n) is 3.00. The van der Waals surface area contributed by atoms with E-state index >= 15 is 0 Å². The number of aromatic nitrogens is 2. The molecule has 8 heteroatoms. The van der Waals surface area contributed by atoms with E-state index in [2.05, 4.69) is 0 Å². The van der Waals surface area contributed by atoms with E-state index in [-0.39, 0.29) is 17.1 Å². The molecule has 1 N–H and O–H groups in total. The lowest BCUT2D eigenvalue weighted by Crippen LogP contribution is -2.19. The van der Waals surface area contributed by atoms with Crippen LogP contribution in [0.4, 0.5) is 0 Å². The topological polar surface area (TPSA) is 73.5 Å². The third kappa shape index (κ3) is 3.32. The summed E-state index contributed by atoms with van der Waals surface area (Å²) in [5.74, 6) is 0. The second-order valence-corrected chi connectivity index (χ2v) is 8.09. The van der Waals surface area contributed by atoms with Gasteiger partial charge in [-0.05, 0) is 26.0 Å². The van der Waals surface area contributed by atoms with Gasteiger partial charge < -0.3 is 9.42 Å². The average Bonchev–Trinajstić information content (AvgIpc) is 2.63. The monoisotopic (exact) mass is 328 g/mol. The van der Waals surface area contributed by atoms with Crippen LogP contribution in [0, 0.1) is 6.92 Å². The summed E-state index contributed by atoms with van der Waals surface area (Å²) in [4.78, 5) is 22.5. The smallest absolute Gasteiger partial charge is 0.316 e. The molecule has 0 spiro atoms. The van der Waals surface area contributed by atoms with Crippen molar-refractivity contribution in [2.24, 2.45) is 7.05 Å². The maximum absolute atomic E-state index is 12.5. The van der Waals surface area contributed by atoms with Crippen molar-refractivity contribution in [3.63, 3.8) is 0 Å². The number of rotatable bonds is 5. The van der Waals surface area contributed by atoms with E-state index in [4.69, 9.17) is 4.52 Å². The highest BCUT2D eigenvalue weighted by Crippen LogP contribution is 2.58. The predicted octanol–water partition coefficient (Wildman–Crippen LogP) is 2.71. The molecule has 0 radical (unpaired) electrons. The largest absolute Gasteiger partial charge is 0.391 e. The molecule has 114 valence electrons. The Bertz CT molecular complexity index is 739. The molecule has 0 saturated heterocycles. The second kappa shape index (κ2) is 6.23. The lowest BCUT2D eigenvalue weighted by molar-refractivity contribution is 0.291. The molecule has 2 aromatic rings. The van der Waals surface area contributed by atoms with Gasteiger partial charge in [0.05, 0.1) is 18.0 Å². The Labute approximate surface area is 126 Å². The van der Waals surface area contributed by atoms with Gasteiger partial charge >= 0.3 is 6.80 Å². The van der Waals surface area contributed by atoms with E-state index in [0.29, 0.717) is 22.8 Å². The number of nitrogens with zero attached hydrogens (tertiary/aromatic N) is 2. The Morgan fingerprint density at radius 2 is 1.95 bits per heavy atom. The van der Waals surface area contributed by atoms with Crippen molar-refractivity contribution in [1.29, 1.82) is 0 Å². The predicted molar refractivity (Wildman–Crippen MR) is 83.1 cm³/mol. The van der Waals surface area contributed by atoms with E-state index in [1.165, 1.54) is 4.68 Å². The SMILES string of the molecule is CCOP(=O)(O)Sc1c(C)n(C)n(-c2ccccc2)c1=O. The molecule has 0 amide bonds. The van der Waals surface area contributed by atoms with E-state index in [0.717, 1.165) is 0 Å². The summed E-state index contributed by atoms with van der Waals surface area (Å²) in [5.41, 5.74) is 0.979. The fraction of sp³-hybridized carbons (Fsp3) is 0.308. The van der Waals surface area contributed by atoms with Crippen molar-refractivity contribution in [2.45, 2.75) is 18.7 Å². The highest BCUT2D eigenvalue weighted by Gasteiger charge is 2.27. The number of benzene rings is 1. The van der Waals surface area contributed by atoms with Gasteiger partial charge in [0, 0.05) is 18.4 Å². The van der Waals surface area contributed by atoms with Gasteiger partial charge in [0.1, 0.15) is 4.90 Å². The van der Waals surface area contributed by atoms with Gasteiger partial charge in [0.2, 0.25) is 0 Å². The molecule has 6 nitrogen and oxygen atoms in total. The Balaban J connectivity index is 2.52. The fourth-order valence-electron chi connectivity index (χ4n) is 1.95. The van der Waals surface area contributed by atoms with Crippen LogP contribution in [0.3, 0.4) is 0 Å². The van der Waals surface area contributed by atoms with Crippen LogP contribution in [0.1, 0.15) is 12.6 Å². The van der Waals surface area contributed by atoms with Gasteiger partial charge in [-0.1, -0.05) is 18.2 Å². The quantitative estimate of drug-likeness (QED) is 0.854. The molecule has 1 aromatic heterocycles. The molecule has 0 aliphatic carbocycles. The van der Waals surface area contributed by atoms with Crippen molar-refractivity contribution >= 4 is 18.2 Å². The van der Waals surface area contributed by atoms with Crippen LogP contribution in [0.25, 0.3) is 5.69 Å². The van der Waals surface area contributed by atoms with Crippen molar-refractivity contribution in [1.82, 2.24) is 9.36 Å². The molecule has 21 heavy (non-hydrogen) atoms. The second-order valence-electron chi connectivity index (χ2n) is 4.37. The molecule has 0 saturated carbocycles. The highest BCUT2D eigenvalue weighted by atomic mass is 32.7. The summed E-state index contributed by atoms with van der Waals surface area (Å²) >= 11 is 0.588. The van der Waals surface area contributed by atoms with Gasteiger partial charge in [0.15, 0.2) is 0 Å². The Kier molecular flexibility index (Phi) is 4.78. The first-order valence-corrected chi connectivity index (χ1v) is 9.38. The van der Waals surface area contributed by atoms with Crippen LogP contribution in [-0.4, -0.2) is 20.9 Å².